The van der Waals surface area contributed by atoms with E-state index in [2.05, 4.69) is 10.2 Å². The predicted molar refractivity (Wildman–Crippen MR) is 102 cm³/mol. The molecule has 0 saturated carbocycles. The SMILES string of the molecule is C[C@H](CC[C@@]1(CN)CN1CCOCC=O)C(=O)Nc1ccccc1CN. The molecule has 26 heavy (non-hydrogen) atoms. The van der Waals surface area contributed by atoms with Gasteiger partial charge in [0.15, 0.2) is 0 Å². The highest BCUT2D eigenvalue weighted by atomic mass is 16.5. The Morgan fingerprint density at radius 3 is 2.88 bits per heavy atom. The largest absolute Gasteiger partial charge is 0.373 e. The van der Waals surface area contributed by atoms with Crippen molar-refractivity contribution in [2.75, 3.05) is 38.2 Å². The highest BCUT2D eigenvalue weighted by molar-refractivity contribution is 5.93. The van der Waals surface area contributed by atoms with Crippen molar-refractivity contribution in [3.63, 3.8) is 0 Å². The number of nitrogens with zero attached hydrogens (tertiary/aromatic N) is 1. The molecule has 1 saturated heterocycles. The summed E-state index contributed by atoms with van der Waals surface area (Å²) in [4.78, 5) is 25.0. The Morgan fingerprint density at radius 2 is 2.19 bits per heavy atom. The number of anilines is 1. The van der Waals surface area contributed by atoms with Gasteiger partial charge >= 0.3 is 0 Å². The van der Waals surface area contributed by atoms with Crippen molar-refractivity contribution < 1.29 is 14.3 Å². The van der Waals surface area contributed by atoms with Crippen LogP contribution in [0.1, 0.15) is 25.3 Å². The molecule has 1 aromatic carbocycles. The zero-order chi connectivity index (χ0) is 19.0. The van der Waals surface area contributed by atoms with Crippen LogP contribution in [0.25, 0.3) is 0 Å². The van der Waals surface area contributed by atoms with Gasteiger partial charge in [-0.15, -0.1) is 0 Å². The summed E-state index contributed by atoms with van der Waals surface area (Å²) < 4.78 is 5.20. The Bertz CT molecular complexity index is 610. The summed E-state index contributed by atoms with van der Waals surface area (Å²) in [5.41, 5.74) is 13.3. The van der Waals surface area contributed by atoms with E-state index in [9.17, 15) is 9.59 Å². The molecule has 144 valence electrons. The second-order valence-electron chi connectivity index (χ2n) is 6.88. The number of hydrogen-bond acceptors (Lipinski definition) is 6. The highest BCUT2D eigenvalue weighted by Gasteiger charge is 2.49. The van der Waals surface area contributed by atoms with Crippen LogP contribution in [0, 0.1) is 5.92 Å². The maximum atomic E-state index is 12.5. The molecule has 1 fully saturated rings. The molecule has 1 aliphatic rings. The van der Waals surface area contributed by atoms with Crippen molar-refractivity contribution in [2.24, 2.45) is 17.4 Å². The van der Waals surface area contributed by atoms with Crippen molar-refractivity contribution in [3.05, 3.63) is 29.8 Å². The van der Waals surface area contributed by atoms with E-state index in [1.165, 1.54) is 0 Å². The first-order chi connectivity index (χ1) is 12.6. The van der Waals surface area contributed by atoms with Gasteiger partial charge in [-0.3, -0.25) is 9.69 Å². The molecule has 0 aliphatic carbocycles. The minimum Gasteiger partial charge on any atom is -0.373 e. The number of aldehydes is 1. The Kier molecular flexibility index (Phi) is 7.71. The molecule has 2 rings (SSSR count). The number of carbonyl (C=O) groups excluding carboxylic acids is 2. The molecule has 1 aliphatic heterocycles. The Labute approximate surface area is 155 Å². The molecular formula is C19H30N4O3. The monoisotopic (exact) mass is 362 g/mol. The minimum absolute atomic E-state index is 0.000382. The van der Waals surface area contributed by atoms with E-state index >= 15 is 0 Å². The van der Waals surface area contributed by atoms with Gasteiger partial charge in [-0.25, -0.2) is 0 Å². The third-order valence-electron chi connectivity index (χ3n) is 5.11. The van der Waals surface area contributed by atoms with Crippen molar-refractivity contribution >= 4 is 17.9 Å². The van der Waals surface area contributed by atoms with Crippen molar-refractivity contribution in [2.45, 2.75) is 31.8 Å². The van der Waals surface area contributed by atoms with Crippen LogP contribution in [0.15, 0.2) is 24.3 Å². The number of amides is 1. The quantitative estimate of drug-likeness (QED) is 0.287. The Morgan fingerprint density at radius 1 is 1.42 bits per heavy atom. The molecule has 1 unspecified atom stereocenters. The van der Waals surface area contributed by atoms with Crippen molar-refractivity contribution in [1.82, 2.24) is 4.90 Å². The van der Waals surface area contributed by atoms with Crippen LogP contribution in [0.4, 0.5) is 5.69 Å². The minimum atomic E-state index is -0.113. The van der Waals surface area contributed by atoms with Crippen LogP contribution in [0.2, 0.25) is 0 Å². The van der Waals surface area contributed by atoms with Crippen LogP contribution < -0.4 is 16.8 Å². The van der Waals surface area contributed by atoms with Crippen LogP contribution in [-0.2, 0) is 20.9 Å². The molecule has 0 aromatic heterocycles. The molecule has 0 radical (unpaired) electrons. The van der Waals surface area contributed by atoms with Gasteiger partial charge in [0.2, 0.25) is 5.91 Å². The number of benzene rings is 1. The molecule has 3 atom stereocenters. The normalized spacial score (nSPS) is 22.7. The van der Waals surface area contributed by atoms with E-state index in [-0.39, 0.29) is 24.0 Å². The summed E-state index contributed by atoms with van der Waals surface area (Å²) >= 11 is 0. The summed E-state index contributed by atoms with van der Waals surface area (Å²) in [6.07, 6.45) is 2.38. The van der Waals surface area contributed by atoms with E-state index in [1.807, 2.05) is 31.2 Å². The number of para-hydroxylation sites is 1. The Hall–Kier alpha value is -1.80. The van der Waals surface area contributed by atoms with Gasteiger partial charge in [0, 0.05) is 43.3 Å². The van der Waals surface area contributed by atoms with Crippen molar-refractivity contribution in [1.29, 1.82) is 0 Å². The summed E-state index contributed by atoms with van der Waals surface area (Å²) in [6, 6.07) is 7.58. The summed E-state index contributed by atoms with van der Waals surface area (Å²) in [5.74, 6) is -0.113. The third-order valence-corrected chi connectivity index (χ3v) is 5.11. The lowest BCUT2D eigenvalue weighted by atomic mass is 9.95. The molecule has 7 nitrogen and oxygen atoms in total. The van der Waals surface area contributed by atoms with Gasteiger partial charge in [-0.05, 0) is 24.5 Å². The van der Waals surface area contributed by atoms with E-state index in [1.54, 1.807) is 0 Å². The lowest BCUT2D eigenvalue weighted by molar-refractivity contribution is -0.119. The van der Waals surface area contributed by atoms with Crippen LogP contribution in [0.3, 0.4) is 0 Å². The van der Waals surface area contributed by atoms with E-state index in [4.69, 9.17) is 16.2 Å². The Balaban J connectivity index is 1.79. The first-order valence-electron chi connectivity index (χ1n) is 9.11. The standard InChI is InChI=1S/C19H30N4O3/c1-15(18(25)22-17-5-3-2-4-16(17)12-20)6-7-19(13-21)14-23(19)8-10-26-11-9-24/h2-5,9,15H,6-8,10-14,20-21H2,1H3,(H,22,25)/t15-,19-,23?/m1/s1. The number of rotatable bonds is 12. The fraction of sp³-hybridized carbons (Fsp3) is 0.579. The fourth-order valence-electron chi connectivity index (χ4n) is 3.17. The molecule has 0 spiro atoms. The van der Waals surface area contributed by atoms with Gasteiger partial charge < -0.3 is 26.3 Å². The summed E-state index contributed by atoms with van der Waals surface area (Å²) in [7, 11) is 0. The van der Waals surface area contributed by atoms with Crippen LogP contribution in [0.5, 0.6) is 0 Å². The van der Waals surface area contributed by atoms with E-state index in [0.717, 1.165) is 43.5 Å². The molecule has 1 amide bonds. The second kappa shape index (κ2) is 9.78. The van der Waals surface area contributed by atoms with Crippen LogP contribution >= 0.6 is 0 Å². The molecule has 0 bridgehead atoms. The zero-order valence-corrected chi connectivity index (χ0v) is 15.4. The zero-order valence-electron chi connectivity index (χ0n) is 15.4. The number of hydrogen-bond donors (Lipinski definition) is 3. The number of carbonyl (C=O) groups is 2. The number of ether oxygens (including phenoxy) is 1. The van der Waals surface area contributed by atoms with Gasteiger partial charge in [0.25, 0.3) is 0 Å². The fourth-order valence-corrected chi connectivity index (χ4v) is 3.17. The maximum Gasteiger partial charge on any atom is 0.227 e. The molecule has 1 aromatic rings. The topological polar surface area (TPSA) is 110 Å². The number of nitrogens with two attached hydrogens (primary N) is 2. The summed E-state index contributed by atoms with van der Waals surface area (Å²) in [6.45, 7) is 5.21. The van der Waals surface area contributed by atoms with Gasteiger partial charge in [0.1, 0.15) is 12.9 Å². The maximum absolute atomic E-state index is 12.5. The van der Waals surface area contributed by atoms with E-state index < -0.39 is 0 Å². The van der Waals surface area contributed by atoms with E-state index in [0.29, 0.717) is 19.7 Å². The average Bonchev–Trinajstić information content (AvgIpc) is 3.37. The lowest BCUT2D eigenvalue weighted by Crippen LogP contribution is -2.32. The second-order valence-corrected chi connectivity index (χ2v) is 6.88. The smallest absolute Gasteiger partial charge is 0.227 e. The predicted octanol–water partition coefficient (Wildman–Crippen LogP) is 0.729. The number of nitrogens with one attached hydrogen (secondary N) is 1. The average molecular weight is 362 g/mol. The molecule has 7 heteroatoms. The first-order valence-corrected chi connectivity index (χ1v) is 9.11. The molecule has 5 N–H and O–H groups in total. The third kappa shape index (κ3) is 5.35. The van der Waals surface area contributed by atoms with Gasteiger partial charge in [-0.2, -0.15) is 0 Å². The van der Waals surface area contributed by atoms with Crippen molar-refractivity contribution in [3.8, 4) is 0 Å². The lowest BCUT2D eigenvalue weighted by Gasteiger charge is -2.19. The molecule has 1 heterocycles. The van der Waals surface area contributed by atoms with Crippen LogP contribution in [-0.4, -0.2) is 55.5 Å². The first kappa shape index (κ1) is 20.5. The summed E-state index contributed by atoms with van der Waals surface area (Å²) in [5, 5.41) is 2.98. The molecular weight excluding hydrogens is 332 g/mol. The van der Waals surface area contributed by atoms with Gasteiger partial charge in [0.05, 0.1) is 6.61 Å². The van der Waals surface area contributed by atoms with Gasteiger partial charge in [-0.1, -0.05) is 25.1 Å². The highest BCUT2D eigenvalue weighted by Crippen LogP contribution is 2.36.